The molecule has 3 aromatic carbocycles. The predicted octanol–water partition coefficient (Wildman–Crippen LogP) is 4.20. The van der Waals surface area contributed by atoms with Crippen LogP contribution < -0.4 is 30.2 Å². The summed E-state index contributed by atoms with van der Waals surface area (Å²) in [5.41, 5.74) is 2.46. The van der Waals surface area contributed by atoms with Gasteiger partial charge in [0.1, 0.15) is 30.5 Å². The van der Waals surface area contributed by atoms with E-state index in [1.165, 1.54) is 4.90 Å². The Morgan fingerprint density at radius 2 is 0.931 bits per heavy atom. The molecule has 3 fully saturated rings. The summed E-state index contributed by atoms with van der Waals surface area (Å²) >= 11 is 0. The number of ether oxygens (including phenoxy) is 3. The lowest BCUT2D eigenvalue weighted by Gasteiger charge is -2.23. The van der Waals surface area contributed by atoms with Gasteiger partial charge in [0, 0.05) is 0 Å². The van der Waals surface area contributed by atoms with Gasteiger partial charge in [0.05, 0.1) is 30.8 Å². The smallest absolute Gasteiger partial charge is 0.415 e. The Morgan fingerprint density at radius 1 is 0.569 bits per heavy atom. The zero-order chi connectivity index (χ0) is 40.9. The normalized spacial score (nSPS) is 20.5. The van der Waals surface area contributed by atoms with Gasteiger partial charge < -0.3 is 50.4 Å². The molecule has 3 aliphatic rings. The second-order valence-corrected chi connectivity index (χ2v) is 15.7. The minimum absolute atomic E-state index is 0.0203. The van der Waals surface area contributed by atoms with E-state index in [2.05, 4.69) is 16.0 Å². The number of rotatable bonds is 21. The minimum atomic E-state index is -0.848. The molecule has 58 heavy (non-hydrogen) atoms. The van der Waals surface area contributed by atoms with Crippen LogP contribution in [0.5, 0.6) is 17.2 Å². The van der Waals surface area contributed by atoms with Crippen molar-refractivity contribution in [3.05, 3.63) is 89.5 Å². The number of benzene rings is 3. The topological polar surface area (TPSA) is 196 Å². The van der Waals surface area contributed by atoms with Crippen molar-refractivity contribution in [3.8, 4) is 17.2 Å². The third-order valence-corrected chi connectivity index (χ3v) is 11.7. The Labute approximate surface area is 339 Å². The average molecular weight is 801 g/mol. The molecule has 3 heterocycles. The van der Waals surface area contributed by atoms with Gasteiger partial charge in [-0.3, -0.25) is 14.4 Å². The highest BCUT2D eigenvalue weighted by molar-refractivity contribution is 5.72. The Bertz CT molecular complexity index is 1750. The molecule has 14 nitrogen and oxygen atoms in total. The van der Waals surface area contributed by atoms with Crippen molar-refractivity contribution in [2.75, 3.05) is 65.6 Å². The number of aliphatic carboxylic acids is 3. The molecule has 3 aliphatic heterocycles. The first kappa shape index (κ1) is 42.4. The van der Waals surface area contributed by atoms with E-state index in [0.717, 1.165) is 55.6 Å². The zero-order valence-corrected chi connectivity index (χ0v) is 32.9. The number of hydrogen-bond acceptors (Lipinski definition) is 10. The number of hydrogen-bond donors (Lipinski definition) is 6. The number of carbonyl (C=O) groups is 4. The number of nitrogens with zero attached hydrogens (tertiary/aromatic N) is 1. The fourth-order valence-electron chi connectivity index (χ4n) is 8.46. The molecule has 3 aromatic rings. The van der Waals surface area contributed by atoms with E-state index in [-0.39, 0.29) is 44.1 Å². The third kappa shape index (κ3) is 12.2. The van der Waals surface area contributed by atoms with Crippen molar-refractivity contribution in [2.24, 2.45) is 35.5 Å². The van der Waals surface area contributed by atoms with Crippen molar-refractivity contribution in [1.29, 1.82) is 0 Å². The molecule has 14 heteroatoms. The number of carboxylic acid groups (broad SMARTS) is 3. The fraction of sp³-hybridized carbons (Fsp3) is 0.500. The second-order valence-electron chi connectivity index (χ2n) is 15.7. The van der Waals surface area contributed by atoms with Crippen molar-refractivity contribution in [3.63, 3.8) is 0 Å². The molecule has 0 spiro atoms. The summed E-state index contributed by atoms with van der Waals surface area (Å²) in [5, 5.41) is 39.6. The Balaban J connectivity index is 1.10. The van der Waals surface area contributed by atoms with Crippen LogP contribution in [-0.4, -0.2) is 110 Å². The summed E-state index contributed by atoms with van der Waals surface area (Å²) in [6.45, 7) is 4.96. The molecule has 0 aromatic heterocycles. The molecule has 0 radical (unpaired) electrons. The van der Waals surface area contributed by atoms with Gasteiger partial charge in [-0.15, -0.1) is 0 Å². The lowest BCUT2D eigenvalue weighted by molar-refractivity contribution is -0.144. The van der Waals surface area contributed by atoms with E-state index < -0.39 is 41.8 Å². The van der Waals surface area contributed by atoms with Gasteiger partial charge in [0.15, 0.2) is 0 Å². The monoisotopic (exact) mass is 800 g/mol. The van der Waals surface area contributed by atoms with E-state index in [9.17, 15) is 34.5 Å². The summed E-state index contributed by atoms with van der Waals surface area (Å²) in [4.78, 5) is 51.6. The third-order valence-electron chi connectivity index (χ3n) is 11.7. The predicted molar refractivity (Wildman–Crippen MR) is 215 cm³/mol. The van der Waals surface area contributed by atoms with Gasteiger partial charge in [-0.1, -0.05) is 36.4 Å². The first-order chi connectivity index (χ1) is 28.1. The standard InChI is InChI=1S/C44H56N4O10/c49-41(50)38(32-10-13-45-26-32)23-29-4-1-7-35(20-29)56-18-16-48(17-19-57-36-8-2-5-30(21-36)24-39(42(51)52)33-11-14-46-27-33)44(55)58-37-9-3-6-31(22-37)25-40(43(53)54)34-12-15-47-28-34/h1-9,20-22,32-34,38-40,45-47H,10-19,23-28H2,(H,49,50)(H,51,52)(H,53,54). The zero-order valence-electron chi connectivity index (χ0n) is 32.9. The largest absolute Gasteiger partial charge is 0.492 e. The Morgan fingerprint density at radius 3 is 1.28 bits per heavy atom. The molecule has 312 valence electrons. The fourth-order valence-corrected chi connectivity index (χ4v) is 8.46. The molecule has 0 aliphatic carbocycles. The van der Waals surface area contributed by atoms with E-state index in [0.29, 0.717) is 56.1 Å². The molecule has 1 amide bonds. The summed E-state index contributed by atoms with van der Waals surface area (Å²) in [6.07, 6.45) is 2.88. The number of nitrogens with one attached hydrogen (secondary N) is 3. The maximum absolute atomic E-state index is 13.7. The van der Waals surface area contributed by atoms with Crippen molar-refractivity contribution >= 4 is 24.0 Å². The van der Waals surface area contributed by atoms with Crippen LogP contribution in [0.25, 0.3) is 0 Å². The highest BCUT2D eigenvalue weighted by Crippen LogP contribution is 2.28. The lowest BCUT2D eigenvalue weighted by atomic mass is 9.86. The van der Waals surface area contributed by atoms with Gasteiger partial charge in [-0.2, -0.15) is 0 Å². The molecule has 0 bridgehead atoms. The highest BCUT2D eigenvalue weighted by atomic mass is 16.6. The molecule has 0 saturated carbocycles. The van der Waals surface area contributed by atoms with Gasteiger partial charge in [0.2, 0.25) is 0 Å². The number of amides is 1. The summed E-state index contributed by atoms with van der Waals surface area (Å²) in [7, 11) is 0. The maximum Gasteiger partial charge on any atom is 0.415 e. The van der Waals surface area contributed by atoms with Gasteiger partial charge in [-0.05, 0) is 149 Å². The van der Waals surface area contributed by atoms with Gasteiger partial charge in [0.25, 0.3) is 0 Å². The molecule has 6 atom stereocenters. The average Bonchev–Trinajstić information content (AvgIpc) is 4.03. The van der Waals surface area contributed by atoms with Crippen LogP contribution in [-0.2, 0) is 33.6 Å². The quantitative estimate of drug-likeness (QED) is 0.0898. The molecular weight excluding hydrogens is 745 g/mol. The first-order valence-corrected chi connectivity index (χ1v) is 20.4. The van der Waals surface area contributed by atoms with Crippen molar-refractivity contribution in [2.45, 2.75) is 38.5 Å². The molecule has 6 rings (SSSR count). The number of carboxylic acids is 3. The van der Waals surface area contributed by atoms with Gasteiger partial charge in [-0.25, -0.2) is 4.79 Å². The molecule has 6 N–H and O–H groups in total. The van der Waals surface area contributed by atoms with Crippen LogP contribution in [0, 0.1) is 35.5 Å². The van der Waals surface area contributed by atoms with Crippen molar-refractivity contribution in [1.82, 2.24) is 20.9 Å². The highest BCUT2D eigenvalue weighted by Gasteiger charge is 2.33. The molecular formula is C44H56N4O10. The van der Waals surface area contributed by atoms with Crippen LogP contribution in [0.15, 0.2) is 72.8 Å². The van der Waals surface area contributed by atoms with E-state index in [4.69, 9.17) is 14.2 Å². The molecule has 6 unspecified atom stereocenters. The summed E-state index contributed by atoms with van der Waals surface area (Å²) < 4.78 is 18.0. The van der Waals surface area contributed by atoms with Crippen LogP contribution in [0.3, 0.4) is 0 Å². The SMILES string of the molecule is O=C(O)C(Cc1cccc(OCCN(CCOc2cccc(CC(C(=O)O)C3CCNC3)c2)C(=O)Oc2cccc(CC(C(=O)O)C3CCNC3)c2)c1)C1CCNC1. The van der Waals surface area contributed by atoms with E-state index >= 15 is 0 Å². The lowest BCUT2D eigenvalue weighted by Crippen LogP contribution is -2.39. The van der Waals surface area contributed by atoms with Crippen LogP contribution in [0.2, 0.25) is 0 Å². The number of carbonyl (C=O) groups excluding carboxylic acids is 1. The van der Waals surface area contributed by atoms with Crippen LogP contribution in [0.1, 0.15) is 36.0 Å². The maximum atomic E-state index is 13.7. The van der Waals surface area contributed by atoms with Gasteiger partial charge >= 0.3 is 24.0 Å². The minimum Gasteiger partial charge on any atom is -0.492 e. The van der Waals surface area contributed by atoms with E-state index in [1.54, 1.807) is 30.3 Å². The van der Waals surface area contributed by atoms with Crippen LogP contribution >= 0.6 is 0 Å². The molecule has 3 saturated heterocycles. The Kier molecular flexibility index (Phi) is 15.4. The Hall–Kier alpha value is -5.18. The van der Waals surface area contributed by atoms with Crippen molar-refractivity contribution < 1.29 is 48.7 Å². The second kappa shape index (κ2) is 21.0. The first-order valence-electron chi connectivity index (χ1n) is 20.4. The van der Waals surface area contributed by atoms with E-state index in [1.807, 2.05) is 42.5 Å². The summed E-state index contributed by atoms with van der Waals surface area (Å²) in [5.74, 6) is -2.51. The van der Waals surface area contributed by atoms with Crippen LogP contribution in [0.4, 0.5) is 4.79 Å². The summed E-state index contributed by atoms with van der Waals surface area (Å²) in [6, 6.07) is 21.7.